The quantitative estimate of drug-likeness (QED) is 0.0538. The maximum absolute atomic E-state index is 14.4. The minimum atomic E-state index is -4.82. The van der Waals surface area contributed by atoms with Gasteiger partial charge in [-0.25, -0.2) is 22.8 Å². The molecule has 2 aliphatic carbocycles. The molecule has 1 aliphatic heterocycles. The predicted octanol–water partition coefficient (Wildman–Crippen LogP) is 5.24. The molecule has 0 bridgehead atoms. The number of alkyl halides is 4. The highest BCUT2D eigenvalue weighted by Crippen LogP contribution is 2.48. The minimum absolute atomic E-state index is 0.0216. The highest BCUT2D eigenvalue weighted by Gasteiger charge is 2.64. The molecule has 2 heterocycles. The molecule has 2 saturated carbocycles. The highest BCUT2D eigenvalue weighted by atomic mass is 127. The third-order valence-electron chi connectivity index (χ3n) is 10.7. The topological polar surface area (TPSA) is 182 Å². The van der Waals surface area contributed by atoms with Crippen LogP contribution in [0.3, 0.4) is 0 Å². The number of hydrogen-bond acceptors (Lipinski definition) is 9. The van der Waals surface area contributed by atoms with Crippen LogP contribution >= 0.6 is 22.6 Å². The molecule has 1 saturated heterocycles. The Morgan fingerprint density at radius 2 is 1.88 bits per heavy atom. The van der Waals surface area contributed by atoms with Crippen LogP contribution in [0.1, 0.15) is 79.2 Å². The van der Waals surface area contributed by atoms with Gasteiger partial charge < -0.3 is 25.4 Å². The first-order chi connectivity index (χ1) is 26.5. The Morgan fingerprint density at radius 3 is 2.46 bits per heavy atom. The Morgan fingerprint density at radius 1 is 1.19 bits per heavy atom. The number of carbonyl (C=O) groups excluding carboxylic acids is 3. The van der Waals surface area contributed by atoms with Crippen LogP contribution in [0.4, 0.5) is 17.6 Å². The third kappa shape index (κ3) is 9.28. The number of aliphatic imine (C=N–C) groups is 1. The van der Waals surface area contributed by atoms with Crippen LogP contribution < -0.4 is 20.5 Å². The van der Waals surface area contributed by atoms with Gasteiger partial charge in [-0.2, -0.15) is 13.2 Å². The maximum Gasteiger partial charge on any atom is 0.427 e. The van der Waals surface area contributed by atoms with Crippen molar-refractivity contribution < 1.29 is 49.8 Å². The van der Waals surface area contributed by atoms with Gasteiger partial charge in [0.1, 0.15) is 38.8 Å². The smallest absolute Gasteiger partial charge is 0.427 e. The predicted molar refractivity (Wildman–Crippen MR) is 213 cm³/mol. The van der Waals surface area contributed by atoms with Gasteiger partial charge in [0, 0.05) is 17.7 Å². The summed E-state index contributed by atoms with van der Waals surface area (Å²) in [6.07, 6.45) is -0.607. The van der Waals surface area contributed by atoms with E-state index in [9.17, 15) is 40.4 Å². The van der Waals surface area contributed by atoms with Crippen LogP contribution in [-0.4, -0.2) is 95.5 Å². The zero-order chi connectivity index (χ0) is 42.3. The van der Waals surface area contributed by atoms with Crippen LogP contribution in [0.25, 0.3) is 10.8 Å². The highest BCUT2D eigenvalue weighted by molar-refractivity contribution is 14.1. The molecule has 0 spiro atoms. The molecule has 2 aromatic rings. The lowest BCUT2D eigenvalue weighted by Gasteiger charge is -2.31. The van der Waals surface area contributed by atoms with Gasteiger partial charge in [-0.15, -0.1) is 0 Å². The number of rotatable bonds is 15. The number of halogens is 5. The standard InChI is InChI=1S/C38H49F4IN6O7S/c1-7-9-22-11-12-26-23(15-22)16-28(43)45-31(26)55-25-17-27(49(19-25)32(51)29(21(3)4)46-34(44)56-35(5,6)38(40,41)42)30(50)47-37(18-24(37)10-8-2)33(52)48-57(53,54)36(20-39)13-14-36/h8,10-12,15-16,21,24-25,27,29H,7,9,13-14,17-20H2,1-6H3,(H2,44,46)(H,47,50)(H,48,52)/b10-8-/t24-,25-,27+,29+,37-/m1/s1. The summed E-state index contributed by atoms with van der Waals surface area (Å²) in [5.41, 5.74) is 2.48. The van der Waals surface area contributed by atoms with Gasteiger partial charge in [-0.1, -0.05) is 51.5 Å². The lowest BCUT2D eigenvalue weighted by Crippen LogP contribution is -2.58. The lowest BCUT2D eigenvalue weighted by molar-refractivity contribution is -0.239. The number of nitrogens with zero attached hydrogens (tertiary/aromatic N) is 3. The second-order valence-corrected chi connectivity index (χ2v) is 19.0. The number of sulfonamides is 1. The number of amidine groups is 1. The number of aromatic nitrogens is 1. The molecule has 0 radical (unpaired) electrons. The maximum atomic E-state index is 14.4. The zero-order valence-electron chi connectivity index (χ0n) is 32.6. The molecule has 3 amide bonds. The molecule has 314 valence electrons. The van der Waals surface area contributed by atoms with Gasteiger partial charge in [0.05, 0.1) is 6.54 Å². The van der Waals surface area contributed by atoms with Gasteiger partial charge >= 0.3 is 6.18 Å². The summed E-state index contributed by atoms with van der Waals surface area (Å²) in [6.45, 7) is 7.09. The second-order valence-electron chi connectivity index (χ2n) is 15.9. The molecular weight excluding hydrogens is 887 g/mol. The first kappa shape index (κ1) is 44.4. The molecule has 1 aromatic heterocycles. The average Bonchev–Trinajstić information content (AvgIpc) is 4.01. The van der Waals surface area contributed by atoms with Crippen molar-refractivity contribution in [3.8, 4) is 5.88 Å². The minimum Gasteiger partial charge on any atom is -0.472 e. The van der Waals surface area contributed by atoms with Crippen molar-refractivity contribution in [2.75, 3.05) is 13.2 Å². The van der Waals surface area contributed by atoms with E-state index in [2.05, 4.69) is 44.8 Å². The van der Waals surface area contributed by atoms with Gasteiger partial charge in [-0.05, 0) is 98.0 Å². The molecule has 5 atom stereocenters. The fraction of sp³-hybridized carbons (Fsp3) is 0.605. The molecule has 57 heavy (non-hydrogen) atoms. The molecule has 3 fully saturated rings. The summed E-state index contributed by atoms with van der Waals surface area (Å²) in [4.78, 5) is 52.3. The van der Waals surface area contributed by atoms with E-state index in [1.807, 2.05) is 29.0 Å². The Hall–Kier alpha value is -3.75. The van der Waals surface area contributed by atoms with Crippen molar-refractivity contribution in [3.63, 3.8) is 0 Å². The molecular formula is C38H49F4IN6O7S. The van der Waals surface area contributed by atoms with Crippen molar-refractivity contribution in [2.24, 2.45) is 22.6 Å². The molecule has 19 heteroatoms. The number of aryl methyl sites for hydroxylation is 1. The fourth-order valence-corrected chi connectivity index (χ4v) is 8.89. The number of allylic oxidation sites excluding steroid dienone is 1. The first-order valence-electron chi connectivity index (χ1n) is 18.8. The Bertz CT molecular complexity index is 2060. The number of ether oxygens (including phenoxy) is 2. The van der Waals surface area contributed by atoms with E-state index in [-0.39, 0.29) is 38.1 Å². The van der Waals surface area contributed by atoms with E-state index < -0.39 is 92.5 Å². The van der Waals surface area contributed by atoms with Crippen LogP contribution in [0, 0.1) is 15.5 Å². The summed E-state index contributed by atoms with van der Waals surface area (Å²) in [5, 5.41) is 4.26. The van der Waals surface area contributed by atoms with E-state index in [1.165, 1.54) is 4.90 Å². The number of amides is 3. The number of pyridine rings is 1. The summed E-state index contributed by atoms with van der Waals surface area (Å²) in [6, 6.07) is 4.16. The zero-order valence-corrected chi connectivity index (χ0v) is 35.6. The van der Waals surface area contributed by atoms with Gasteiger partial charge in [-0.3, -0.25) is 19.1 Å². The van der Waals surface area contributed by atoms with Crippen LogP contribution in [0.2, 0.25) is 0 Å². The van der Waals surface area contributed by atoms with Crippen LogP contribution in [0.15, 0.2) is 41.4 Å². The molecule has 4 N–H and O–H groups in total. The average molecular weight is 937 g/mol. The lowest BCUT2D eigenvalue weighted by atomic mass is 10.0. The van der Waals surface area contributed by atoms with E-state index in [4.69, 9.17) is 15.2 Å². The molecule has 13 nitrogen and oxygen atoms in total. The van der Waals surface area contributed by atoms with Crippen molar-refractivity contribution in [1.29, 1.82) is 0 Å². The number of benzene rings is 1. The molecule has 5 rings (SSSR count). The monoisotopic (exact) mass is 936 g/mol. The first-order valence-corrected chi connectivity index (χ1v) is 21.3. The number of carbonyl (C=O) groups is 3. The van der Waals surface area contributed by atoms with E-state index in [0.29, 0.717) is 9.09 Å². The summed E-state index contributed by atoms with van der Waals surface area (Å²) < 4.78 is 93.0. The van der Waals surface area contributed by atoms with Crippen molar-refractivity contribution in [1.82, 2.24) is 19.9 Å². The summed E-state index contributed by atoms with van der Waals surface area (Å²) in [5.74, 6) is -3.66. The number of fused-ring (bicyclic) bond motifs is 1. The van der Waals surface area contributed by atoms with Crippen LogP contribution in [0.5, 0.6) is 5.88 Å². The van der Waals surface area contributed by atoms with Gasteiger partial charge in [0.15, 0.2) is 0 Å². The van der Waals surface area contributed by atoms with E-state index >= 15 is 0 Å². The summed E-state index contributed by atoms with van der Waals surface area (Å²) >= 11 is 2.06. The number of nitrogens with two attached hydrogens (primary N) is 1. The Kier molecular flexibility index (Phi) is 12.8. The van der Waals surface area contributed by atoms with Crippen LogP contribution in [-0.2, 0) is 35.6 Å². The molecule has 0 unspecified atom stereocenters. The number of nitrogens with one attached hydrogen (secondary N) is 2. The van der Waals surface area contributed by atoms with Crippen molar-refractivity contribution in [2.45, 2.75) is 120 Å². The normalized spacial score (nSPS) is 24.1. The SMILES string of the molecule is C/C=C\[C@@H]1C[C@]1(NC(=O)[C@@H]1C[C@@H](Oc2nc(I)cc3cc(CCC)ccc23)CN1C(=O)[C@@H](N=C(N)OC(C)(C)C(F)(F)F)C(C)C)C(=O)NS(=O)(=O)C1(CF)CC1. The van der Waals surface area contributed by atoms with E-state index in [0.717, 1.165) is 37.6 Å². The third-order valence-corrected chi connectivity index (χ3v) is 13.4. The number of likely N-dealkylation sites (tertiary alicyclic amines) is 1. The Balaban J connectivity index is 1.48. The van der Waals surface area contributed by atoms with E-state index in [1.54, 1.807) is 32.9 Å². The van der Waals surface area contributed by atoms with Gasteiger partial charge in [0.2, 0.25) is 33.3 Å². The molecule has 3 aliphatic rings. The summed E-state index contributed by atoms with van der Waals surface area (Å²) in [7, 11) is -4.44. The Labute approximate surface area is 343 Å². The van der Waals surface area contributed by atoms with Crippen molar-refractivity contribution in [3.05, 3.63) is 45.7 Å². The van der Waals surface area contributed by atoms with Gasteiger partial charge in [0.25, 0.3) is 11.9 Å². The largest absolute Gasteiger partial charge is 0.472 e. The second kappa shape index (κ2) is 16.5. The molecule has 1 aromatic carbocycles. The van der Waals surface area contributed by atoms with Crippen molar-refractivity contribution >= 4 is 67.1 Å². The fourth-order valence-electron chi connectivity index (χ4n) is 6.91. The number of hydrogen-bond donors (Lipinski definition) is 3.